The first-order valence-electron chi connectivity index (χ1n) is 18.7. The van der Waals surface area contributed by atoms with Crippen molar-refractivity contribution in [3.63, 3.8) is 0 Å². The molecule has 2 aromatic heterocycles. The fourth-order valence-electron chi connectivity index (χ4n) is 10.1. The minimum atomic E-state index is -0.176. The number of benzene rings is 8. The molecular formula is C50H35N3. The van der Waals surface area contributed by atoms with Crippen LogP contribution in [0.3, 0.4) is 0 Å². The van der Waals surface area contributed by atoms with E-state index in [1.807, 2.05) is 0 Å². The zero-order chi connectivity index (χ0) is 34.9. The first-order chi connectivity index (χ1) is 26.2. The molecule has 250 valence electrons. The molecule has 0 saturated carbocycles. The Hall–Kier alpha value is -6.42. The highest BCUT2D eigenvalue weighted by Crippen LogP contribution is 2.51. The van der Waals surface area contributed by atoms with Crippen molar-refractivity contribution in [2.75, 3.05) is 0 Å². The van der Waals surface area contributed by atoms with Gasteiger partial charge in [0.1, 0.15) is 0 Å². The van der Waals surface area contributed by atoms with Crippen LogP contribution in [0.5, 0.6) is 0 Å². The van der Waals surface area contributed by atoms with Gasteiger partial charge in [-0.2, -0.15) is 0 Å². The van der Waals surface area contributed by atoms with Gasteiger partial charge in [0.2, 0.25) is 0 Å². The molecule has 10 aromatic rings. The molecule has 0 saturated heterocycles. The van der Waals surface area contributed by atoms with Crippen LogP contribution in [-0.2, 0) is 0 Å². The summed E-state index contributed by atoms with van der Waals surface area (Å²) >= 11 is 0. The molecule has 1 aliphatic heterocycles. The van der Waals surface area contributed by atoms with E-state index in [2.05, 4.69) is 180 Å². The molecule has 3 atom stereocenters. The molecule has 4 bridgehead atoms. The van der Waals surface area contributed by atoms with Crippen molar-refractivity contribution in [3.05, 3.63) is 175 Å². The number of fused-ring (bicyclic) bond motifs is 19. The lowest BCUT2D eigenvalue weighted by Crippen LogP contribution is -2.28. The molecule has 3 heterocycles. The lowest BCUT2D eigenvalue weighted by Gasteiger charge is -2.34. The molecule has 0 amide bonds. The summed E-state index contributed by atoms with van der Waals surface area (Å²) in [5, 5.41) is 11.5. The van der Waals surface area contributed by atoms with Crippen molar-refractivity contribution >= 4 is 71.1 Å². The van der Waals surface area contributed by atoms with Gasteiger partial charge in [-0.05, 0) is 92.0 Å². The van der Waals surface area contributed by atoms with Crippen molar-refractivity contribution in [1.29, 1.82) is 0 Å². The first kappa shape index (κ1) is 29.2. The van der Waals surface area contributed by atoms with E-state index in [4.69, 9.17) is 5.73 Å². The number of nitrogens with two attached hydrogens (primary N) is 1. The Morgan fingerprint density at radius 1 is 0.491 bits per heavy atom. The van der Waals surface area contributed by atoms with E-state index in [1.165, 1.54) is 98.7 Å². The second kappa shape index (κ2) is 10.6. The van der Waals surface area contributed by atoms with Crippen molar-refractivity contribution < 1.29 is 0 Å². The van der Waals surface area contributed by atoms with Crippen LogP contribution in [0.25, 0.3) is 93.6 Å². The van der Waals surface area contributed by atoms with E-state index in [1.54, 1.807) is 0 Å². The molecule has 0 fully saturated rings. The SMILES string of the molecule is CC1c2c3c4cc5c6ccccc6n(-c6ccccc6)c5cc4n2-c2ccccc2-c2cc(cc4c5ccccc5c5ccccc5c24)C(N)C1C=C3. The monoisotopic (exact) mass is 677 g/mol. The molecular weight excluding hydrogens is 643 g/mol. The molecule has 3 nitrogen and oxygen atoms in total. The van der Waals surface area contributed by atoms with E-state index in [0.717, 1.165) is 5.69 Å². The van der Waals surface area contributed by atoms with Crippen LogP contribution in [0.15, 0.2) is 158 Å². The molecule has 3 heteroatoms. The molecule has 53 heavy (non-hydrogen) atoms. The predicted octanol–water partition coefficient (Wildman–Crippen LogP) is 12.6. The van der Waals surface area contributed by atoms with Gasteiger partial charge in [0.05, 0.1) is 22.2 Å². The summed E-state index contributed by atoms with van der Waals surface area (Å²) in [4.78, 5) is 0. The van der Waals surface area contributed by atoms with Gasteiger partial charge < -0.3 is 14.9 Å². The number of aromatic nitrogens is 2. The van der Waals surface area contributed by atoms with Crippen LogP contribution in [0.2, 0.25) is 0 Å². The fraction of sp³-hybridized carbons (Fsp3) is 0.0800. The summed E-state index contributed by atoms with van der Waals surface area (Å²) in [7, 11) is 0. The average Bonchev–Trinajstić information content (AvgIpc) is 3.72. The van der Waals surface area contributed by atoms with Crippen LogP contribution in [0, 0.1) is 5.92 Å². The highest BCUT2D eigenvalue weighted by molar-refractivity contribution is 6.29. The van der Waals surface area contributed by atoms with Gasteiger partial charge in [0.25, 0.3) is 0 Å². The molecule has 3 unspecified atom stereocenters. The Balaban J connectivity index is 1.27. The fourth-order valence-corrected chi connectivity index (χ4v) is 10.1. The van der Waals surface area contributed by atoms with E-state index in [-0.39, 0.29) is 17.9 Å². The van der Waals surface area contributed by atoms with Crippen LogP contribution >= 0.6 is 0 Å². The number of rotatable bonds is 1. The molecule has 12 rings (SSSR count). The van der Waals surface area contributed by atoms with Gasteiger partial charge in [-0.25, -0.2) is 0 Å². The maximum absolute atomic E-state index is 7.47. The van der Waals surface area contributed by atoms with Crippen molar-refractivity contribution in [2.45, 2.75) is 18.9 Å². The Bertz CT molecular complexity index is 3210. The number of nitrogens with zero attached hydrogens (tertiary/aromatic N) is 2. The Labute approximate surface area is 306 Å². The lowest BCUT2D eigenvalue weighted by molar-refractivity contribution is 0.437. The van der Waals surface area contributed by atoms with Gasteiger partial charge in [0, 0.05) is 56.5 Å². The van der Waals surface area contributed by atoms with E-state index < -0.39 is 0 Å². The van der Waals surface area contributed by atoms with Crippen molar-refractivity contribution in [2.24, 2.45) is 11.7 Å². The number of hydrogen-bond acceptors (Lipinski definition) is 1. The molecule has 0 radical (unpaired) electrons. The summed E-state index contributed by atoms with van der Waals surface area (Å²) in [6.45, 7) is 2.39. The first-order valence-corrected chi connectivity index (χ1v) is 18.7. The summed E-state index contributed by atoms with van der Waals surface area (Å²) in [5.41, 5.74) is 19.8. The molecule has 2 aliphatic rings. The standard InChI is InChI=1S/C50H35N3/c1-29-32-23-24-39-41-27-40-36-18-9-11-21-44(36)52(31-13-3-2-4-14-31)46(40)28-47(41)53(50(29)39)45-22-12-10-19-37(45)43-26-30(49(32)51)25-42-35-17-6-5-15-33(35)34-16-7-8-20-38(34)48(42)43/h2-29,32,49H,51H2,1H3. The minimum absolute atomic E-state index is 0.126. The summed E-state index contributed by atoms with van der Waals surface area (Å²) in [6.07, 6.45) is 4.77. The minimum Gasteiger partial charge on any atom is -0.323 e. The third kappa shape index (κ3) is 3.82. The predicted molar refractivity (Wildman–Crippen MR) is 223 cm³/mol. The summed E-state index contributed by atoms with van der Waals surface area (Å²) in [5.74, 6) is 0.310. The zero-order valence-electron chi connectivity index (χ0n) is 29.3. The average molecular weight is 678 g/mol. The molecule has 2 N–H and O–H groups in total. The number of hydrogen-bond donors (Lipinski definition) is 1. The molecule has 0 spiro atoms. The third-order valence-electron chi connectivity index (χ3n) is 12.4. The Kier molecular flexibility index (Phi) is 5.82. The largest absolute Gasteiger partial charge is 0.323 e. The maximum atomic E-state index is 7.47. The topological polar surface area (TPSA) is 35.9 Å². The smallest absolute Gasteiger partial charge is 0.0562 e. The molecule has 1 aliphatic carbocycles. The van der Waals surface area contributed by atoms with Crippen molar-refractivity contribution in [1.82, 2.24) is 9.13 Å². The zero-order valence-corrected chi connectivity index (χ0v) is 29.3. The third-order valence-corrected chi connectivity index (χ3v) is 12.4. The van der Waals surface area contributed by atoms with E-state index in [0.29, 0.717) is 0 Å². The van der Waals surface area contributed by atoms with Gasteiger partial charge >= 0.3 is 0 Å². The van der Waals surface area contributed by atoms with Crippen LogP contribution in [0.1, 0.15) is 35.7 Å². The number of para-hydroxylation sites is 3. The van der Waals surface area contributed by atoms with E-state index in [9.17, 15) is 0 Å². The maximum Gasteiger partial charge on any atom is 0.0562 e. The van der Waals surface area contributed by atoms with Gasteiger partial charge in [-0.1, -0.05) is 122 Å². The van der Waals surface area contributed by atoms with Crippen LogP contribution < -0.4 is 5.73 Å². The van der Waals surface area contributed by atoms with Crippen LogP contribution in [0.4, 0.5) is 0 Å². The van der Waals surface area contributed by atoms with Gasteiger partial charge in [0.15, 0.2) is 0 Å². The highest BCUT2D eigenvalue weighted by Gasteiger charge is 2.35. The highest BCUT2D eigenvalue weighted by atomic mass is 15.0. The van der Waals surface area contributed by atoms with Crippen LogP contribution in [-0.4, -0.2) is 9.13 Å². The van der Waals surface area contributed by atoms with Crippen molar-refractivity contribution in [3.8, 4) is 22.5 Å². The van der Waals surface area contributed by atoms with E-state index >= 15 is 0 Å². The second-order valence-corrected chi connectivity index (χ2v) is 15.1. The Morgan fingerprint density at radius 3 is 1.94 bits per heavy atom. The summed E-state index contributed by atoms with van der Waals surface area (Å²) < 4.78 is 5.02. The second-order valence-electron chi connectivity index (χ2n) is 15.1. The Morgan fingerprint density at radius 2 is 1.13 bits per heavy atom. The van der Waals surface area contributed by atoms with Gasteiger partial charge in [-0.15, -0.1) is 0 Å². The quantitative estimate of drug-likeness (QED) is 0.173. The summed E-state index contributed by atoms with van der Waals surface area (Å²) in [6, 6.07) is 56.0. The lowest BCUT2D eigenvalue weighted by atomic mass is 9.76. The van der Waals surface area contributed by atoms with Gasteiger partial charge in [-0.3, -0.25) is 0 Å². The normalized spacial score (nSPS) is 17.7. The molecule has 8 aromatic carbocycles.